The van der Waals surface area contributed by atoms with Gasteiger partial charge in [0.15, 0.2) is 0 Å². The fourth-order valence-electron chi connectivity index (χ4n) is 6.06. The van der Waals surface area contributed by atoms with Gasteiger partial charge in [0.2, 0.25) is 11.8 Å². The van der Waals surface area contributed by atoms with E-state index in [2.05, 4.69) is 25.6 Å². The molecule has 6 rings (SSSR count). The van der Waals surface area contributed by atoms with Crippen molar-refractivity contribution in [3.05, 3.63) is 70.2 Å². The molecule has 10 nitrogen and oxygen atoms in total. The molecule has 0 amide bonds. The monoisotopic (exact) mass is 699 g/mol. The molecule has 2 aromatic carbocycles. The third-order valence-corrected chi connectivity index (χ3v) is 9.52. The van der Waals surface area contributed by atoms with E-state index in [1.807, 2.05) is 41.3 Å². The molecule has 14 heteroatoms. The normalized spacial score (nSPS) is 19.4. The Hall–Kier alpha value is -3.52. The summed E-state index contributed by atoms with van der Waals surface area (Å²) >= 11 is 14.0. The first kappa shape index (κ1) is 34.3. The van der Waals surface area contributed by atoms with Crippen molar-refractivity contribution >= 4 is 23.2 Å². The molecule has 0 spiro atoms. The van der Waals surface area contributed by atoms with E-state index >= 15 is 0 Å². The number of piperidine rings is 1. The van der Waals surface area contributed by atoms with Crippen molar-refractivity contribution in [2.75, 3.05) is 33.9 Å². The molecule has 254 valence electrons. The highest BCUT2D eigenvalue weighted by Gasteiger charge is 2.34. The van der Waals surface area contributed by atoms with E-state index in [1.165, 1.54) is 7.11 Å². The van der Waals surface area contributed by atoms with Gasteiger partial charge >= 0.3 is 0 Å². The third kappa shape index (κ3) is 7.69. The van der Waals surface area contributed by atoms with Gasteiger partial charge in [-0.15, -0.1) is 0 Å². The summed E-state index contributed by atoms with van der Waals surface area (Å²) in [5.74, 6) is -1.93. The molecule has 2 aliphatic rings. The summed E-state index contributed by atoms with van der Waals surface area (Å²) in [6.07, 6.45) is 4.11. The van der Waals surface area contributed by atoms with E-state index in [0.717, 1.165) is 12.8 Å². The zero-order valence-corrected chi connectivity index (χ0v) is 28.2. The minimum atomic E-state index is -2.62. The van der Waals surface area contributed by atoms with Gasteiger partial charge in [0.25, 0.3) is 5.92 Å². The number of aliphatic hydroxyl groups is 1. The highest BCUT2D eigenvalue weighted by Crippen LogP contribution is 2.42. The lowest BCUT2D eigenvalue weighted by molar-refractivity contribution is -0.0569. The van der Waals surface area contributed by atoms with Crippen molar-refractivity contribution in [2.45, 2.75) is 57.0 Å². The van der Waals surface area contributed by atoms with E-state index in [9.17, 15) is 13.9 Å². The van der Waals surface area contributed by atoms with E-state index in [1.54, 1.807) is 19.5 Å². The highest BCUT2D eigenvalue weighted by atomic mass is 35.5. The Balaban J connectivity index is 1.22. The van der Waals surface area contributed by atoms with E-state index in [-0.39, 0.29) is 32.0 Å². The van der Waals surface area contributed by atoms with Crippen molar-refractivity contribution in [1.82, 2.24) is 35.5 Å². The van der Waals surface area contributed by atoms with Crippen LogP contribution in [-0.4, -0.2) is 82.0 Å². The quantitative estimate of drug-likeness (QED) is 0.173. The molecule has 2 saturated heterocycles. The molecule has 0 aliphatic carbocycles. The van der Waals surface area contributed by atoms with Crippen LogP contribution in [0, 0.1) is 0 Å². The van der Waals surface area contributed by atoms with Crippen LogP contribution in [0.15, 0.2) is 48.8 Å². The molecule has 3 N–H and O–H groups in total. The Morgan fingerprint density at radius 3 is 1.96 bits per heavy atom. The van der Waals surface area contributed by atoms with Gasteiger partial charge in [-0.2, -0.15) is 0 Å². The molecule has 2 atom stereocenters. The average Bonchev–Trinajstić information content (AvgIpc) is 3.51. The summed E-state index contributed by atoms with van der Waals surface area (Å²) in [7, 11) is 3.06. The van der Waals surface area contributed by atoms with Crippen LogP contribution in [0.3, 0.4) is 0 Å². The second-order valence-corrected chi connectivity index (χ2v) is 12.7. The van der Waals surface area contributed by atoms with Crippen molar-refractivity contribution in [2.24, 2.45) is 0 Å². The number of hydrogen-bond donors (Lipinski definition) is 3. The van der Waals surface area contributed by atoms with E-state index in [0.29, 0.717) is 86.5 Å². The molecular weight excluding hydrogens is 663 g/mol. The molecule has 0 radical (unpaired) electrons. The fraction of sp³-hybridized carbons (Fsp3) is 0.412. The Morgan fingerprint density at radius 1 is 0.875 bits per heavy atom. The SMILES string of the molecule is COc1nc(-c2cccc(-c3cccc(-c4cnc(CN5CCC(F)(F)CC5)c(OC)n4)c3Cl)c2Cl)cnc1CNC[C@@H]1CCC(O)N1. The van der Waals surface area contributed by atoms with Crippen LogP contribution in [0.4, 0.5) is 8.78 Å². The molecule has 48 heavy (non-hydrogen) atoms. The summed E-state index contributed by atoms with van der Waals surface area (Å²) in [6.45, 7) is 2.04. The Kier molecular flexibility index (Phi) is 10.7. The number of methoxy groups -OCH3 is 2. The number of benzene rings is 2. The maximum Gasteiger partial charge on any atom is 0.250 e. The lowest BCUT2D eigenvalue weighted by atomic mass is 9.98. The summed E-state index contributed by atoms with van der Waals surface area (Å²) in [5, 5.41) is 17.0. The number of aliphatic hydroxyl groups excluding tert-OH is 1. The van der Waals surface area contributed by atoms with Crippen LogP contribution < -0.4 is 20.1 Å². The van der Waals surface area contributed by atoms with Crippen LogP contribution in [0.1, 0.15) is 37.1 Å². The molecule has 4 heterocycles. The van der Waals surface area contributed by atoms with Gasteiger partial charge in [-0.05, 0) is 12.8 Å². The van der Waals surface area contributed by atoms with Crippen molar-refractivity contribution < 1.29 is 23.4 Å². The molecule has 0 saturated carbocycles. The van der Waals surface area contributed by atoms with Crippen molar-refractivity contribution in [1.29, 1.82) is 0 Å². The van der Waals surface area contributed by atoms with E-state index in [4.69, 9.17) is 37.7 Å². The molecule has 0 bridgehead atoms. The number of aromatic nitrogens is 4. The summed E-state index contributed by atoms with van der Waals surface area (Å²) < 4.78 is 38.4. The minimum absolute atomic E-state index is 0.179. The second-order valence-electron chi connectivity index (χ2n) is 12.0. The number of ether oxygens (including phenoxy) is 2. The Bertz CT molecular complexity index is 1760. The van der Waals surface area contributed by atoms with Crippen LogP contribution in [0.5, 0.6) is 11.8 Å². The highest BCUT2D eigenvalue weighted by molar-refractivity contribution is 6.39. The molecular formula is C34H37Cl2F2N7O3. The molecule has 1 unspecified atom stereocenters. The predicted molar refractivity (Wildman–Crippen MR) is 180 cm³/mol. The lowest BCUT2D eigenvalue weighted by Gasteiger charge is -2.31. The van der Waals surface area contributed by atoms with Crippen LogP contribution >= 0.6 is 23.2 Å². The number of rotatable bonds is 11. The van der Waals surface area contributed by atoms with E-state index < -0.39 is 12.2 Å². The van der Waals surface area contributed by atoms with Crippen molar-refractivity contribution in [3.63, 3.8) is 0 Å². The van der Waals surface area contributed by atoms with Gasteiger partial charge in [0, 0.05) is 73.9 Å². The average molecular weight is 701 g/mol. The number of nitrogens with zero attached hydrogens (tertiary/aromatic N) is 5. The zero-order valence-electron chi connectivity index (χ0n) is 26.6. The maximum atomic E-state index is 13.6. The number of halogens is 4. The standard InChI is InChI=1S/C34H37Cl2F2N7O3/c1-47-32-27(16-39-15-20-9-10-29(46)42-20)40-17-25(43-32)23-7-3-5-21(30(23)35)22-6-4-8-24(31(22)36)26-18-41-28(33(44-26)48-2)19-45-13-11-34(37,38)12-14-45/h3-8,17-18,20,29,39,42,46H,9-16,19H2,1-2H3/t20-,29?/m0/s1. The smallest absolute Gasteiger partial charge is 0.250 e. The van der Waals surface area contributed by atoms with Gasteiger partial charge in [0.1, 0.15) is 17.6 Å². The number of alkyl halides is 2. The lowest BCUT2D eigenvalue weighted by Crippen LogP contribution is -2.39. The maximum absolute atomic E-state index is 13.6. The van der Waals surface area contributed by atoms with Gasteiger partial charge in [-0.25, -0.2) is 18.7 Å². The van der Waals surface area contributed by atoms with Crippen molar-refractivity contribution in [3.8, 4) is 45.4 Å². The van der Waals surface area contributed by atoms with Gasteiger partial charge in [-0.1, -0.05) is 59.6 Å². The van der Waals surface area contributed by atoms with Gasteiger partial charge in [0.05, 0.1) is 48.0 Å². The molecule has 2 fully saturated rings. The summed E-state index contributed by atoms with van der Waals surface area (Å²) in [6, 6.07) is 11.4. The molecule has 2 aliphatic heterocycles. The van der Waals surface area contributed by atoms with Crippen LogP contribution in [-0.2, 0) is 13.1 Å². The summed E-state index contributed by atoms with van der Waals surface area (Å²) in [5.41, 5.74) is 4.93. The number of likely N-dealkylation sites (tertiary alicyclic amines) is 1. The molecule has 2 aromatic heterocycles. The number of hydrogen-bond acceptors (Lipinski definition) is 10. The van der Waals surface area contributed by atoms with Gasteiger partial charge < -0.3 is 19.9 Å². The first-order valence-electron chi connectivity index (χ1n) is 15.8. The van der Waals surface area contributed by atoms with Gasteiger partial charge in [-0.3, -0.25) is 20.2 Å². The first-order valence-corrected chi connectivity index (χ1v) is 16.5. The third-order valence-electron chi connectivity index (χ3n) is 8.71. The topological polar surface area (TPSA) is 118 Å². The van der Waals surface area contributed by atoms with Crippen LogP contribution in [0.2, 0.25) is 10.0 Å². The Labute approximate surface area is 287 Å². The summed E-state index contributed by atoms with van der Waals surface area (Å²) in [4.78, 5) is 20.5. The predicted octanol–water partition coefficient (Wildman–Crippen LogP) is 5.98. The zero-order chi connectivity index (χ0) is 33.8. The van der Waals surface area contributed by atoms with Crippen LogP contribution in [0.25, 0.3) is 33.6 Å². The fourth-order valence-corrected chi connectivity index (χ4v) is 6.71. The minimum Gasteiger partial charge on any atom is -0.480 e. The Morgan fingerprint density at radius 2 is 1.42 bits per heavy atom. The largest absolute Gasteiger partial charge is 0.480 e. The molecule has 4 aromatic rings. The second kappa shape index (κ2) is 14.9. The number of nitrogens with one attached hydrogen (secondary N) is 2. The first-order chi connectivity index (χ1) is 23.2.